The first-order valence-electron chi connectivity index (χ1n) is 12.2. The van der Waals surface area contributed by atoms with Gasteiger partial charge in [-0.2, -0.15) is 0 Å². The first kappa shape index (κ1) is 24.8. The summed E-state index contributed by atoms with van der Waals surface area (Å²) in [6, 6.07) is 0. The number of nitrogens with one attached hydrogen (secondary N) is 2. The number of aromatic nitrogens is 1. The molecule has 0 unspecified atom stereocenters. The number of alkyl carbamates (subject to hydrolysis) is 1. The zero-order valence-electron chi connectivity index (χ0n) is 19.9. The maximum absolute atomic E-state index is 14.0. The van der Waals surface area contributed by atoms with E-state index in [2.05, 4.69) is 15.6 Å². The minimum Gasteiger partial charge on any atom is -0.444 e. The van der Waals surface area contributed by atoms with E-state index in [-0.39, 0.29) is 17.7 Å². The molecule has 32 heavy (non-hydrogen) atoms. The molecule has 0 spiro atoms. The van der Waals surface area contributed by atoms with Gasteiger partial charge >= 0.3 is 6.09 Å². The molecular weight excluding hydrogens is 424 g/mol. The average molecular weight is 465 g/mol. The van der Waals surface area contributed by atoms with E-state index in [0.717, 1.165) is 56.2 Å². The summed E-state index contributed by atoms with van der Waals surface area (Å²) in [5.74, 6) is 0.584. The average Bonchev–Trinajstić information content (AvgIpc) is 3.18. The van der Waals surface area contributed by atoms with E-state index in [9.17, 15) is 9.59 Å². The van der Waals surface area contributed by atoms with Crippen LogP contribution in [-0.4, -0.2) is 29.1 Å². The highest BCUT2D eigenvalue weighted by Gasteiger charge is 2.51. The summed E-state index contributed by atoms with van der Waals surface area (Å²) in [6.45, 7) is 6.32. The van der Waals surface area contributed by atoms with Crippen LogP contribution in [0.5, 0.6) is 0 Å². The van der Waals surface area contributed by atoms with Crippen LogP contribution >= 0.6 is 11.3 Å². The molecule has 2 aliphatic carbocycles. The lowest BCUT2D eigenvalue weighted by Crippen LogP contribution is -2.57. The van der Waals surface area contributed by atoms with Crippen LogP contribution in [0, 0.1) is 17.3 Å². The molecule has 2 amide bonds. The van der Waals surface area contributed by atoms with Gasteiger partial charge in [0.05, 0.1) is 12.0 Å². The fourth-order valence-electron chi connectivity index (χ4n) is 5.58. The largest absolute Gasteiger partial charge is 0.444 e. The molecular formula is C24H40N4O3S. The second-order valence-corrected chi connectivity index (χ2v) is 11.6. The normalized spacial score (nSPS) is 18.8. The van der Waals surface area contributed by atoms with Gasteiger partial charge in [0.15, 0.2) is 5.13 Å². The molecule has 0 saturated heterocycles. The van der Waals surface area contributed by atoms with Crippen molar-refractivity contribution in [3.8, 4) is 0 Å². The standard InChI is InChI=1S/C24H40N4O3S/c1-23(2,3)31-22(30)28-16-24(17-10-6-4-7-11-17,18-12-8-5-9-13-18)20(29)26-14-19-15-27-21(25)32-19/h15,17-18H,4-14,16H2,1-3H3,(H2,25,27)(H,26,29)(H,28,30). The molecule has 0 aromatic carbocycles. The Morgan fingerprint density at radius 1 is 1.03 bits per heavy atom. The van der Waals surface area contributed by atoms with Crippen molar-refractivity contribution < 1.29 is 14.3 Å². The number of ether oxygens (including phenoxy) is 1. The number of hydrogen-bond donors (Lipinski definition) is 3. The van der Waals surface area contributed by atoms with Crippen LogP contribution < -0.4 is 16.4 Å². The van der Waals surface area contributed by atoms with E-state index >= 15 is 0 Å². The fourth-order valence-corrected chi connectivity index (χ4v) is 6.20. The zero-order valence-corrected chi connectivity index (χ0v) is 20.7. The minimum absolute atomic E-state index is 0.0549. The van der Waals surface area contributed by atoms with Crippen LogP contribution in [0.15, 0.2) is 6.20 Å². The predicted molar refractivity (Wildman–Crippen MR) is 128 cm³/mol. The first-order chi connectivity index (χ1) is 15.2. The Balaban J connectivity index is 1.85. The van der Waals surface area contributed by atoms with Crippen molar-refractivity contribution in [3.05, 3.63) is 11.1 Å². The molecule has 8 heteroatoms. The number of nitrogen functional groups attached to an aromatic ring is 1. The molecule has 2 aliphatic rings. The highest BCUT2D eigenvalue weighted by Crippen LogP contribution is 2.49. The monoisotopic (exact) mass is 464 g/mol. The molecule has 1 aromatic heterocycles. The Morgan fingerprint density at radius 2 is 1.59 bits per heavy atom. The molecule has 2 saturated carbocycles. The molecule has 2 fully saturated rings. The third kappa shape index (κ3) is 6.36. The lowest BCUT2D eigenvalue weighted by atomic mass is 9.58. The Morgan fingerprint density at radius 3 is 2.06 bits per heavy atom. The van der Waals surface area contributed by atoms with Crippen LogP contribution in [-0.2, 0) is 16.1 Å². The summed E-state index contributed by atoms with van der Waals surface area (Å²) in [6.07, 6.45) is 12.4. The molecule has 7 nitrogen and oxygen atoms in total. The second kappa shape index (κ2) is 10.9. The van der Waals surface area contributed by atoms with E-state index in [1.807, 2.05) is 20.8 Å². The van der Waals surface area contributed by atoms with E-state index < -0.39 is 17.1 Å². The van der Waals surface area contributed by atoms with Gasteiger partial charge in [-0.15, -0.1) is 11.3 Å². The number of anilines is 1. The SMILES string of the molecule is CC(C)(C)OC(=O)NCC(C(=O)NCc1cnc(N)s1)(C1CCCCC1)C1CCCCC1. The lowest BCUT2D eigenvalue weighted by Gasteiger charge is -2.48. The first-order valence-corrected chi connectivity index (χ1v) is 13.0. The molecule has 1 heterocycles. The smallest absolute Gasteiger partial charge is 0.407 e. The maximum Gasteiger partial charge on any atom is 0.407 e. The maximum atomic E-state index is 14.0. The van der Waals surface area contributed by atoms with Gasteiger partial charge < -0.3 is 21.1 Å². The third-order valence-electron chi connectivity index (χ3n) is 7.01. The summed E-state index contributed by atoms with van der Waals surface area (Å²) in [5.41, 5.74) is 4.58. The number of carbonyl (C=O) groups excluding carboxylic acids is 2. The lowest BCUT2D eigenvalue weighted by molar-refractivity contribution is -0.141. The molecule has 0 bridgehead atoms. The molecule has 3 rings (SSSR count). The van der Waals surface area contributed by atoms with Crippen LogP contribution in [0.25, 0.3) is 0 Å². The fraction of sp³-hybridized carbons (Fsp3) is 0.792. The second-order valence-electron chi connectivity index (χ2n) is 10.4. The van der Waals surface area contributed by atoms with Crippen LogP contribution in [0.1, 0.15) is 89.9 Å². The summed E-state index contributed by atoms with van der Waals surface area (Å²) in [4.78, 5) is 31.6. The van der Waals surface area contributed by atoms with Crippen molar-refractivity contribution in [1.29, 1.82) is 0 Å². The van der Waals surface area contributed by atoms with Gasteiger partial charge in [0.1, 0.15) is 5.60 Å². The topological polar surface area (TPSA) is 106 Å². The van der Waals surface area contributed by atoms with Gasteiger partial charge in [-0.25, -0.2) is 9.78 Å². The summed E-state index contributed by atoms with van der Waals surface area (Å²) in [7, 11) is 0. The summed E-state index contributed by atoms with van der Waals surface area (Å²) < 4.78 is 5.52. The van der Waals surface area contributed by atoms with E-state index in [1.165, 1.54) is 24.2 Å². The highest BCUT2D eigenvalue weighted by molar-refractivity contribution is 7.15. The molecule has 1 aromatic rings. The predicted octanol–water partition coefficient (Wildman–Crippen LogP) is 5.01. The number of hydrogen-bond acceptors (Lipinski definition) is 6. The number of amides is 2. The van der Waals surface area contributed by atoms with Gasteiger partial charge in [-0.05, 0) is 58.3 Å². The van der Waals surface area contributed by atoms with E-state index in [0.29, 0.717) is 18.2 Å². The Labute approximate surface area is 196 Å². The Kier molecular flexibility index (Phi) is 8.42. The van der Waals surface area contributed by atoms with Crippen LogP contribution in [0.4, 0.5) is 9.93 Å². The van der Waals surface area contributed by atoms with Crippen molar-refractivity contribution in [2.45, 2.75) is 97.1 Å². The van der Waals surface area contributed by atoms with Crippen molar-refractivity contribution in [1.82, 2.24) is 15.6 Å². The van der Waals surface area contributed by atoms with Gasteiger partial charge in [0.25, 0.3) is 0 Å². The number of nitrogens with two attached hydrogens (primary N) is 1. The Bertz CT molecular complexity index is 744. The highest BCUT2D eigenvalue weighted by atomic mass is 32.1. The molecule has 0 atom stereocenters. The number of thiazole rings is 1. The van der Waals surface area contributed by atoms with Gasteiger partial charge in [-0.3, -0.25) is 4.79 Å². The van der Waals surface area contributed by atoms with Gasteiger partial charge in [0.2, 0.25) is 5.91 Å². The van der Waals surface area contributed by atoms with Gasteiger partial charge in [-0.1, -0.05) is 38.5 Å². The molecule has 0 aliphatic heterocycles. The van der Waals surface area contributed by atoms with Crippen LogP contribution in [0.3, 0.4) is 0 Å². The quantitative estimate of drug-likeness (QED) is 0.526. The Hall–Kier alpha value is -1.83. The number of carbonyl (C=O) groups is 2. The van der Waals surface area contributed by atoms with E-state index in [1.54, 1.807) is 6.20 Å². The minimum atomic E-state index is -0.617. The van der Waals surface area contributed by atoms with Gasteiger partial charge in [0, 0.05) is 17.6 Å². The van der Waals surface area contributed by atoms with E-state index in [4.69, 9.17) is 10.5 Å². The molecule has 0 radical (unpaired) electrons. The number of rotatable bonds is 7. The van der Waals surface area contributed by atoms with Crippen LogP contribution in [0.2, 0.25) is 0 Å². The van der Waals surface area contributed by atoms with Crippen molar-refractivity contribution in [2.75, 3.05) is 12.3 Å². The third-order valence-corrected chi connectivity index (χ3v) is 7.84. The summed E-state index contributed by atoms with van der Waals surface area (Å²) in [5, 5.41) is 6.72. The van der Waals surface area contributed by atoms with Crippen molar-refractivity contribution in [3.63, 3.8) is 0 Å². The molecule has 180 valence electrons. The summed E-state index contributed by atoms with van der Waals surface area (Å²) >= 11 is 1.40. The zero-order chi connectivity index (χ0) is 23.2. The van der Waals surface area contributed by atoms with Crippen molar-refractivity contribution >= 4 is 28.5 Å². The molecule has 4 N–H and O–H groups in total. The van der Waals surface area contributed by atoms with Crippen molar-refractivity contribution in [2.24, 2.45) is 17.3 Å². The number of nitrogens with zero attached hydrogens (tertiary/aromatic N) is 1.